The molecule has 0 aliphatic rings. The molecule has 6 heteroatoms. The fourth-order valence-electron chi connectivity index (χ4n) is 2.83. The maximum absolute atomic E-state index is 12.4. The third-order valence-electron chi connectivity index (χ3n) is 3.91. The zero-order chi connectivity index (χ0) is 18.0. The van der Waals surface area contributed by atoms with Crippen molar-refractivity contribution in [2.45, 2.75) is 27.0 Å². The number of halogens is 2. The molecule has 0 radical (unpaired) electrons. The average molecular weight is 344 g/mol. The number of alkyl halides is 2. The number of ether oxygens (including phenoxy) is 1. The molecule has 1 amide bonds. The van der Waals surface area contributed by atoms with Crippen molar-refractivity contribution in [3.63, 3.8) is 0 Å². The second-order valence-corrected chi connectivity index (χ2v) is 5.93. The van der Waals surface area contributed by atoms with E-state index in [0.29, 0.717) is 11.3 Å². The van der Waals surface area contributed by atoms with Crippen molar-refractivity contribution < 1.29 is 18.3 Å². The van der Waals surface area contributed by atoms with E-state index < -0.39 is 6.61 Å². The second-order valence-electron chi connectivity index (χ2n) is 5.93. The number of hydrogen-bond donors (Lipinski definition) is 2. The Hall–Kier alpha value is -2.89. The van der Waals surface area contributed by atoms with Gasteiger partial charge in [0, 0.05) is 17.4 Å². The lowest BCUT2D eigenvalue weighted by Crippen LogP contribution is -2.23. The quantitative estimate of drug-likeness (QED) is 0.724. The molecule has 3 aromatic rings. The minimum absolute atomic E-state index is 0.0680. The van der Waals surface area contributed by atoms with Crippen molar-refractivity contribution in [1.82, 2.24) is 10.3 Å². The number of fused-ring (bicyclic) bond motifs is 1. The summed E-state index contributed by atoms with van der Waals surface area (Å²) in [4.78, 5) is 15.5. The van der Waals surface area contributed by atoms with Crippen molar-refractivity contribution in [3.8, 4) is 5.75 Å². The van der Waals surface area contributed by atoms with E-state index in [1.165, 1.54) is 12.1 Å². The molecule has 4 nitrogen and oxygen atoms in total. The van der Waals surface area contributed by atoms with Gasteiger partial charge in [0.2, 0.25) is 0 Å². The number of rotatable bonds is 5. The number of carbonyl (C=O) groups is 1. The van der Waals surface area contributed by atoms with Gasteiger partial charge in [0.25, 0.3) is 5.91 Å². The van der Waals surface area contributed by atoms with Gasteiger partial charge in [-0.3, -0.25) is 4.79 Å². The number of benzene rings is 2. The molecule has 25 heavy (non-hydrogen) atoms. The molecule has 0 bridgehead atoms. The summed E-state index contributed by atoms with van der Waals surface area (Å²) < 4.78 is 28.9. The molecule has 0 spiro atoms. The lowest BCUT2D eigenvalue weighted by molar-refractivity contribution is -0.0498. The Balaban J connectivity index is 1.72. The standard InChI is InChI=1S/C19H18F2N2O2/c1-11-6-12(2)15-9-17(23-16(15)7-11)18(24)22-10-13-4-3-5-14(8-13)25-19(20)21/h3-9,19,23H,10H2,1-2H3,(H,22,24). The number of H-pyrrole nitrogens is 1. The van der Waals surface area contributed by atoms with Gasteiger partial charge in [0.05, 0.1) is 0 Å². The zero-order valence-corrected chi connectivity index (χ0v) is 13.9. The molecule has 0 aliphatic carbocycles. The second kappa shape index (κ2) is 6.93. The van der Waals surface area contributed by atoms with Gasteiger partial charge in [0.15, 0.2) is 0 Å². The first-order valence-electron chi connectivity index (χ1n) is 7.84. The Morgan fingerprint density at radius 2 is 2.00 bits per heavy atom. The predicted molar refractivity (Wildman–Crippen MR) is 92.0 cm³/mol. The molecule has 1 heterocycles. The molecule has 1 aromatic heterocycles. The molecule has 2 aromatic carbocycles. The molecule has 0 saturated heterocycles. The molecule has 2 N–H and O–H groups in total. The molecule has 0 unspecified atom stereocenters. The fourth-order valence-corrected chi connectivity index (χ4v) is 2.83. The normalized spacial score (nSPS) is 11.1. The Kier molecular flexibility index (Phi) is 4.70. The van der Waals surface area contributed by atoms with Crippen LogP contribution in [0.2, 0.25) is 0 Å². The number of nitrogens with one attached hydrogen (secondary N) is 2. The number of carbonyl (C=O) groups excluding carboxylic acids is 1. The number of hydrogen-bond acceptors (Lipinski definition) is 2. The molecular formula is C19H18F2N2O2. The maximum Gasteiger partial charge on any atom is 0.387 e. The van der Waals surface area contributed by atoms with Crippen LogP contribution in [0.1, 0.15) is 27.2 Å². The van der Waals surface area contributed by atoms with Crippen LogP contribution in [0.5, 0.6) is 5.75 Å². The van der Waals surface area contributed by atoms with E-state index in [-0.39, 0.29) is 18.2 Å². The third-order valence-corrected chi connectivity index (χ3v) is 3.91. The van der Waals surface area contributed by atoms with Gasteiger partial charge in [-0.05, 0) is 54.8 Å². The van der Waals surface area contributed by atoms with Gasteiger partial charge < -0.3 is 15.0 Å². The minimum Gasteiger partial charge on any atom is -0.435 e. The average Bonchev–Trinajstić information content (AvgIpc) is 2.96. The van der Waals surface area contributed by atoms with E-state index in [4.69, 9.17) is 0 Å². The Labute approximate surface area is 143 Å². The van der Waals surface area contributed by atoms with Gasteiger partial charge in [-0.25, -0.2) is 0 Å². The monoisotopic (exact) mass is 344 g/mol. The van der Waals surface area contributed by atoms with Gasteiger partial charge in [-0.1, -0.05) is 18.2 Å². The Morgan fingerprint density at radius 3 is 2.76 bits per heavy atom. The van der Waals surface area contributed by atoms with Crippen molar-refractivity contribution in [3.05, 3.63) is 64.8 Å². The summed E-state index contributed by atoms with van der Waals surface area (Å²) in [6, 6.07) is 12.1. The van der Waals surface area contributed by atoms with E-state index in [2.05, 4.69) is 21.1 Å². The van der Waals surface area contributed by atoms with E-state index in [1.807, 2.05) is 26.0 Å². The number of aryl methyl sites for hydroxylation is 2. The highest BCUT2D eigenvalue weighted by Crippen LogP contribution is 2.21. The summed E-state index contributed by atoms with van der Waals surface area (Å²) >= 11 is 0. The first-order chi connectivity index (χ1) is 11.9. The lowest BCUT2D eigenvalue weighted by Gasteiger charge is -2.07. The van der Waals surface area contributed by atoms with Crippen LogP contribution in [-0.4, -0.2) is 17.5 Å². The zero-order valence-electron chi connectivity index (χ0n) is 13.9. The van der Waals surface area contributed by atoms with Crippen LogP contribution in [0.25, 0.3) is 10.9 Å². The number of amides is 1. The van der Waals surface area contributed by atoms with Crippen molar-refractivity contribution >= 4 is 16.8 Å². The van der Waals surface area contributed by atoms with Crippen molar-refractivity contribution in [1.29, 1.82) is 0 Å². The largest absolute Gasteiger partial charge is 0.435 e. The van der Waals surface area contributed by atoms with E-state index in [1.54, 1.807) is 12.1 Å². The summed E-state index contributed by atoms with van der Waals surface area (Å²) in [6.07, 6.45) is 0. The summed E-state index contributed by atoms with van der Waals surface area (Å²) in [5.41, 5.74) is 4.27. The third kappa shape index (κ3) is 3.96. The summed E-state index contributed by atoms with van der Waals surface area (Å²) in [7, 11) is 0. The van der Waals surface area contributed by atoms with Crippen molar-refractivity contribution in [2.75, 3.05) is 0 Å². The molecule has 0 fully saturated rings. The smallest absolute Gasteiger partial charge is 0.387 e. The molecule has 0 atom stereocenters. The van der Waals surface area contributed by atoms with Crippen LogP contribution in [-0.2, 0) is 6.54 Å². The van der Waals surface area contributed by atoms with Crippen LogP contribution >= 0.6 is 0 Å². The maximum atomic E-state index is 12.4. The highest BCUT2D eigenvalue weighted by Gasteiger charge is 2.11. The van der Waals surface area contributed by atoms with Gasteiger partial charge >= 0.3 is 6.61 Å². The highest BCUT2D eigenvalue weighted by atomic mass is 19.3. The van der Waals surface area contributed by atoms with Gasteiger partial charge in [-0.15, -0.1) is 0 Å². The first kappa shape index (κ1) is 17.0. The Morgan fingerprint density at radius 1 is 1.20 bits per heavy atom. The summed E-state index contributed by atoms with van der Waals surface area (Å²) in [5.74, 6) is -0.188. The first-order valence-corrected chi connectivity index (χ1v) is 7.84. The van der Waals surface area contributed by atoms with Crippen molar-refractivity contribution in [2.24, 2.45) is 0 Å². The SMILES string of the molecule is Cc1cc(C)c2cc(C(=O)NCc3cccc(OC(F)F)c3)[nH]c2c1. The van der Waals surface area contributed by atoms with Crippen LogP contribution < -0.4 is 10.1 Å². The molecular weight excluding hydrogens is 326 g/mol. The fraction of sp³-hybridized carbons (Fsp3) is 0.211. The number of aromatic nitrogens is 1. The van der Waals surface area contributed by atoms with E-state index in [9.17, 15) is 13.6 Å². The van der Waals surface area contributed by atoms with E-state index >= 15 is 0 Å². The summed E-state index contributed by atoms with van der Waals surface area (Å²) in [5, 5.41) is 3.78. The molecule has 3 rings (SSSR count). The minimum atomic E-state index is -2.87. The van der Waals surface area contributed by atoms with E-state index in [0.717, 1.165) is 22.0 Å². The molecule has 0 aliphatic heterocycles. The lowest BCUT2D eigenvalue weighted by atomic mass is 10.1. The highest BCUT2D eigenvalue weighted by molar-refractivity contribution is 5.98. The number of aromatic amines is 1. The summed E-state index contributed by atoms with van der Waals surface area (Å²) in [6.45, 7) is 1.34. The Bertz CT molecular complexity index is 919. The topological polar surface area (TPSA) is 54.1 Å². The van der Waals surface area contributed by atoms with Crippen LogP contribution in [0, 0.1) is 13.8 Å². The van der Waals surface area contributed by atoms with Crippen LogP contribution in [0.4, 0.5) is 8.78 Å². The van der Waals surface area contributed by atoms with Crippen LogP contribution in [0.3, 0.4) is 0 Å². The molecule has 0 saturated carbocycles. The van der Waals surface area contributed by atoms with Crippen LogP contribution in [0.15, 0.2) is 42.5 Å². The predicted octanol–water partition coefficient (Wildman–Crippen LogP) is 4.32. The van der Waals surface area contributed by atoms with Gasteiger partial charge in [0.1, 0.15) is 11.4 Å². The van der Waals surface area contributed by atoms with Gasteiger partial charge in [-0.2, -0.15) is 8.78 Å². The molecule has 130 valence electrons.